The van der Waals surface area contributed by atoms with E-state index in [1.165, 1.54) is 4.68 Å². The molecule has 0 aliphatic carbocycles. The summed E-state index contributed by atoms with van der Waals surface area (Å²) in [6, 6.07) is 13.6. The third-order valence-electron chi connectivity index (χ3n) is 3.73. The molecule has 3 aromatic rings. The van der Waals surface area contributed by atoms with E-state index >= 15 is 0 Å². The number of allylic oxidation sites excluding steroid dienone is 1. The molecule has 8 nitrogen and oxygen atoms in total. The van der Waals surface area contributed by atoms with Crippen LogP contribution < -0.4 is 5.73 Å². The molecule has 0 saturated heterocycles. The zero-order valence-corrected chi connectivity index (χ0v) is 13.7. The number of benzene rings is 1. The maximum atomic E-state index is 9.52. The van der Waals surface area contributed by atoms with Crippen molar-refractivity contribution < 1.29 is 5.11 Å². The van der Waals surface area contributed by atoms with Crippen molar-refractivity contribution in [3.63, 3.8) is 0 Å². The zero-order valence-electron chi connectivity index (χ0n) is 13.7. The Hall–Kier alpha value is -3.88. The average molecular weight is 345 g/mol. The lowest BCUT2D eigenvalue weighted by atomic mass is 10.1. The Morgan fingerprint density at radius 3 is 2.69 bits per heavy atom. The number of hydrogen-bond acceptors (Lipinski definition) is 6. The highest BCUT2D eigenvalue weighted by Gasteiger charge is 2.19. The number of nitrogens with two attached hydrogens (primary N) is 1. The lowest BCUT2D eigenvalue weighted by Gasteiger charge is -1.99. The largest absolute Gasteiger partial charge is 0.394 e. The van der Waals surface area contributed by atoms with Crippen LogP contribution in [-0.2, 0) is 6.54 Å². The molecular weight excluding hydrogens is 330 g/mol. The van der Waals surface area contributed by atoms with Gasteiger partial charge >= 0.3 is 0 Å². The first-order valence-electron chi connectivity index (χ1n) is 7.77. The van der Waals surface area contributed by atoms with Crippen molar-refractivity contribution in [3.8, 4) is 17.8 Å². The number of nitrogen functional groups attached to an aromatic ring is 1. The van der Waals surface area contributed by atoms with Crippen LogP contribution in [0, 0.1) is 22.7 Å². The van der Waals surface area contributed by atoms with Gasteiger partial charge in [-0.15, -0.1) is 0 Å². The minimum Gasteiger partial charge on any atom is -0.394 e. The van der Waals surface area contributed by atoms with Crippen LogP contribution in [0.25, 0.3) is 17.3 Å². The molecule has 0 bridgehead atoms. The number of para-hydroxylation sites is 1. The quantitative estimate of drug-likeness (QED) is 0.675. The number of nitriles is 2. The van der Waals surface area contributed by atoms with E-state index < -0.39 is 0 Å². The molecule has 128 valence electrons. The Kier molecular flexibility index (Phi) is 4.79. The van der Waals surface area contributed by atoms with Gasteiger partial charge in [-0.2, -0.15) is 20.7 Å². The standard InChI is InChI=1S/C18H15N7O/c19-9-14(17-16(10-20)18(21)24(23-17)6-7-26)8-13-11-22-25(12-13)15-4-2-1-3-5-15/h1-5,8,11-12,26H,6-7,21H2/b14-8+. The van der Waals surface area contributed by atoms with Gasteiger partial charge in [0, 0.05) is 11.8 Å². The first-order valence-corrected chi connectivity index (χ1v) is 7.77. The number of aliphatic hydroxyl groups excluding tert-OH is 1. The van der Waals surface area contributed by atoms with Crippen LogP contribution in [0.2, 0.25) is 0 Å². The van der Waals surface area contributed by atoms with E-state index in [-0.39, 0.29) is 35.8 Å². The second-order valence-electron chi connectivity index (χ2n) is 5.39. The molecule has 0 aliphatic heterocycles. The van der Waals surface area contributed by atoms with Gasteiger partial charge in [-0.1, -0.05) is 18.2 Å². The lowest BCUT2D eigenvalue weighted by molar-refractivity contribution is 0.270. The van der Waals surface area contributed by atoms with Crippen molar-refractivity contribution in [1.82, 2.24) is 19.6 Å². The summed E-state index contributed by atoms with van der Waals surface area (Å²) in [7, 11) is 0. The van der Waals surface area contributed by atoms with Gasteiger partial charge in [0.2, 0.25) is 0 Å². The molecule has 26 heavy (non-hydrogen) atoms. The Morgan fingerprint density at radius 1 is 1.27 bits per heavy atom. The first kappa shape index (κ1) is 17.0. The van der Waals surface area contributed by atoms with Crippen LogP contribution in [0.5, 0.6) is 0 Å². The van der Waals surface area contributed by atoms with Crippen molar-refractivity contribution in [3.05, 3.63) is 59.5 Å². The van der Waals surface area contributed by atoms with E-state index in [1.54, 1.807) is 23.2 Å². The van der Waals surface area contributed by atoms with Crippen molar-refractivity contribution in [2.45, 2.75) is 6.54 Å². The number of rotatable bonds is 5. The number of nitrogens with zero attached hydrogens (tertiary/aromatic N) is 6. The smallest absolute Gasteiger partial charge is 0.140 e. The van der Waals surface area contributed by atoms with E-state index in [2.05, 4.69) is 16.3 Å². The predicted molar refractivity (Wildman–Crippen MR) is 95.5 cm³/mol. The van der Waals surface area contributed by atoms with E-state index in [1.807, 2.05) is 36.4 Å². The summed E-state index contributed by atoms with van der Waals surface area (Å²) in [4.78, 5) is 0. The molecule has 0 spiro atoms. The summed E-state index contributed by atoms with van der Waals surface area (Å²) < 4.78 is 3.00. The number of aliphatic hydroxyl groups is 1. The number of hydrogen-bond donors (Lipinski definition) is 2. The molecule has 0 radical (unpaired) electrons. The molecule has 3 N–H and O–H groups in total. The number of anilines is 1. The van der Waals surface area contributed by atoms with Gasteiger partial charge in [-0.3, -0.25) is 0 Å². The molecule has 0 atom stereocenters. The predicted octanol–water partition coefficient (Wildman–Crippen LogP) is 1.58. The topological polar surface area (TPSA) is 129 Å². The van der Waals surface area contributed by atoms with Crippen LogP contribution in [0.3, 0.4) is 0 Å². The van der Waals surface area contributed by atoms with Crippen molar-refractivity contribution in [1.29, 1.82) is 10.5 Å². The first-order chi connectivity index (χ1) is 12.7. The van der Waals surface area contributed by atoms with Gasteiger partial charge in [0.25, 0.3) is 0 Å². The van der Waals surface area contributed by atoms with E-state index in [0.29, 0.717) is 5.56 Å². The second-order valence-corrected chi connectivity index (χ2v) is 5.39. The van der Waals surface area contributed by atoms with Crippen LogP contribution in [0.4, 0.5) is 5.82 Å². The fourth-order valence-electron chi connectivity index (χ4n) is 2.49. The van der Waals surface area contributed by atoms with Crippen molar-refractivity contribution in [2.24, 2.45) is 0 Å². The molecule has 2 heterocycles. The molecule has 3 rings (SSSR count). The van der Waals surface area contributed by atoms with Crippen LogP contribution >= 0.6 is 0 Å². The Bertz CT molecular complexity index is 1030. The van der Waals surface area contributed by atoms with E-state index in [9.17, 15) is 10.5 Å². The molecule has 1 aromatic carbocycles. The average Bonchev–Trinajstić information content (AvgIpc) is 3.26. The SMILES string of the molecule is N#C/C(=C\c1cnn(-c2ccccc2)c1)c1nn(CCO)c(N)c1C#N. The zero-order chi connectivity index (χ0) is 18.5. The van der Waals surface area contributed by atoms with Gasteiger partial charge in [0.05, 0.1) is 30.6 Å². The summed E-state index contributed by atoms with van der Waals surface area (Å²) in [5.74, 6) is 0.123. The third kappa shape index (κ3) is 3.18. The summed E-state index contributed by atoms with van der Waals surface area (Å²) in [6.45, 7) is -0.0310. The monoisotopic (exact) mass is 345 g/mol. The fourth-order valence-corrected chi connectivity index (χ4v) is 2.49. The molecule has 2 aromatic heterocycles. The van der Waals surface area contributed by atoms with Crippen LogP contribution in [0.1, 0.15) is 16.8 Å². The molecule has 0 aliphatic rings. The van der Waals surface area contributed by atoms with E-state index in [0.717, 1.165) is 5.69 Å². The highest BCUT2D eigenvalue weighted by molar-refractivity contribution is 5.91. The van der Waals surface area contributed by atoms with E-state index in [4.69, 9.17) is 10.8 Å². The molecule has 0 fully saturated rings. The molecule has 8 heteroatoms. The highest BCUT2D eigenvalue weighted by atomic mass is 16.3. The Morgan fingerprint density at radius 2 is 2.04 bits per heavy atom. The second kappa shape index (κ2) is 7.34. The number of aromatic nitrogens is 4. The fraction of sp³-hybridized carbons (Fsp3) is 0.111. The van der Waals surface area contributed by atoms with Crippen molar-refractivity contribution in [2.75, 3.05) is 12.3 Å². The van der Waals surface area contributed by atoms with Gasteiger partial charge in [-0.25, -0.2) is 9.36 Å². The van der Waals surface area contributed by atoms with Gasteiger partial charge in [0.15, 0.2) is 0 Å². The highest BCUT2D eigenvalue weighted by Crippen LogP contribution is 2.24. The molecule has 0 unspecified atom stereocenters. The van der Waals surface area contributed by atoms with Crippen LogP contribution in [0.15, 0.2) is 42.7 Å². The van der Waals surface area contributed by atoms with Gasteiger partial charge < -0.3 is 10.8 Å². The normalized spacial score (nSPS) is 11.1. The van der Waals surface area contributed by atoms with Crippen molar-refractivity contribution >= 4 is 17.5 Å². The van der Waals surface area contributed by atoms with Gasteiger partial charge in [0.1, 0.15) is 29.2 Å². The lowest BCUT2D eigenvalue weighted by Crippen LogP contribution is -2.07. The summed E-state index contributed by atoms with van der Waals surface area (Å²) in [6.07, 6.45) is 4.98. The molecule has 0 amide bonds. The minimum atomic E-state index is -0.175. The molecular formula is C18H15N7O. The summed E-state index contributed by atoms with van der Waals surface area (Å²) in [5.41, 5.74) is 7.95. The minimum absolute atomic E-state index is 0.113. The third-order valence-corrected chi connectivity index (χ3v) is 3.73. The summed E-state index contributed by atoms with van der Waals surface area (Å²) >= 11 is 0. The van der Waals surface area contributed by atoms with Gasteiger partial charge in [-0.05, 0) is 18.2 Å². The molecule has 0 saturated carbocycles. The maximum Gasteiger partial charge on any atom is 0.140 e. The maximum absolute atomic E-state index is 9.52. The Labute approximate surface area is 149 Å². The Balaban J connectivity index is 2.00. The summed E-state index contributed by atoms with van der Waals surface area (Å²) in [5, 5.41) is 36.4. The van der Waals surface area contributed by atoms with Crippen LogP contribution in [-0.4, -0.2) is 31.3 Å².